The van der Waals surface area contributed by atoms with E-state index < -0.39 is 0 Å². The van der Waals surface area contributed by atoms with Gasteiger partial charge in [-0.3, -0.25) is 10.7 Å². The molecule has 0 bridgehead atoms. The molecule has 0 aliphatic carbocycles. The van der Waals surface area contributed by atoms with Crippen LogP contribution >= 0.6 is 0 Å². The average Bonchev–Trinajstić information content (AvgIpc) is 2.48. The molecule has 1 aromatic rings. The number of piperazine rings is 1. The predicted octanol–water partition coefficient (Wildman–Crippen LogP) is 0.704. The van der Waals surface area contributed by atoms with Crippen molar-refractivity contribution < 1.29 is 14.2 Å². The molecule has 0 amide bonds. The van der Waals surface area contributed by atoms with Crippen molar-refractivity contribution in [1.82, 2.24) is 9.91 Å². The van der Waals surface area contributed by atoms with E-state index in [0.29, 0.717) is 17.2 Å². The van der Waals surface area contributed by atoms with E-state index in [4.69, 9.17) is 20.1 Å². The largest absolute Gasteiger partial charge is 0.493 e. The van der Waals surface area contributed by atoms with E-state index in [1.165, 1.54) is 0 Å². The smallest absolute Gasteiger partial charge is 0.203 e. The van der Waals surface area contributed by atoms with Gasteiger partial charge >= 0.3 is 0 Å². The van der Waals surface area contributed by atoms with Crippen LogP contribution in [0.3, 0.4) is 0 Å². The molecule has 1 saturated heterocycles. The third-order valence-electron chi connectivity index (χ3n) is 3.54. The third kappa shape index (κ3) is 3.33. The zero-order valence-electron chi connectivity index (χ0n) is 12.4. The minimum absolute atomic E-state index is 0.630. The van der Waals surface area contributed by atoms with Crippen LogP contribution in [0.2, 0.25) is 0 Å². The van der Waals surface area contributed by atoms with Crippen LogP contribution in [0.1, 0.15) is 5.56 Å². The fourth-order valence-electron chi connectivity index (χ4n) is 2.41. The van der Waals surface area contributed by atoms with Crippen molar-refractivity contribution >= 4 is 0 Å². The molecular weight excluding hydrogens is 258 g/mol. The molecule has 20 heavy (non-hydrogen) atoms. The Hall–Kier alpha value is -1.50. The second-order valence-electron chi connectivity index (χ2n) is 4.85. The lowest BCUT2D eigenvalue weighted by Crippen LogP contribution is -2.48. The first-order chi connectivity index (χ1) is 9.67. The SMILES string of the molecule is COc1cc(CN2CCN(N)CC2)cc(OC)c1OC. The first kappa shape index (κ1) is 14.9. The van der Waals surface area contributed by atoms with E-state index in [1.54, 1.807) is 21.3 Å². The Kier molecular flexibility index (Phi) is 5.05. The molecule has 2 N–H and O–H groups in total. The van der Waals surface area contributed by atoms with Crippen LogP contribution in [-0.4, -0.2) is 57.4 Å². The van der Waals surface area contributed by atoms with Gasteiger partial charge in [-0.05, 0) is 17.7 Å². The van der Waals surface area contributed by atoms with Gasteiger partial charge in [-0.15, -0.1) is 0 Å². The molecule has 0 aromatic heterocycles. The van der Waals surface area contributed by atoms with Crippen LogP contribution in [0.4, 0.5) is 0 Å². The number of hydrogen-bond donors (Lipinski definition) is 1. The normalized spacial score (nSPS) is 17.0. The molecule has 1 aromatic carbocycles. The van der Waals surface area contributed by atoms with Crippen LogP contribution in [-0.2, 0) is 6.54 Å². The minimum Gasteiger partial charge on any atom is -0.493 e. The zero-order valence-corrected chi connectivity index (χ0v) is 12.4. The Morgan fingerprint density at radius 1 is 0.950 bits per heavy atom. The molecule has 0 spiro atoms. The van der Waals surface area contributed by atoms with Crippen molar-refractivity contribution in [3.63, 3.8) is 0 Å². The molecule has 1 aliphatic heterocycles. The summed E-state index contributed by atoms with van der Waals surface area (Å²) in [6.45, 7) is 4.57. The highest BCUT2D eigenvalue weighted by atomic mass is 16.5. The quantitative estimate of drug-likeness (QED) is 0.802. The molecule has 2 rings (SSSR count). The van der Waals surface area contributed by atoms with Crippen LogP contribution in [0.15, 0.2) is 12.1 Å². The number of methoxy groups -OCH3 is 3. The molecule has 0 saturated carbocycles. The molecule has 6 heteroatoms. The van der Waals surface area contributed by atoms with E-state index >= 15 is 0 Å². The van der Waals surface area contributed by atoms with E-state index in [-0.39, 0.29) is 0 Å². The molecule has 112 valence electrons. The number of ether oxygens (including phenoxy) is 3. The van der Waals surface area contributed by atoms with Gasteiger partial charge in [0.15, 0.2) is 11.5 Å². The minimum atomic E-state index is 0.630. The molecule has 0 radical (unpaired) electrons. The summed E-state index contributed by atoms with van der Waals surface area (Å²) in [5.41, 5.74) is 1.14. The summed E-state index contributed by atoms with van der Waals surface area (Å²) < 4.78 is 16.1. The highest BCUT2D eigenvalue weighted by molar-refractivity contribution is 5.53. The number of rotatable bonds is 5. The van der Waals surface area contributed by atoms with Gasteiger partial charge < -0.3 is 14.2 Å². The summed E-state index contributed by atoms with van der Waals surface area (Å²) >= 11 is 0. The summed E-state index contributed by atoms with van der Waals surface area (Å²) in [6.07, 6.45) is 0. The van der Waals surface area contributed by atoms with E-state index in [2.05, 4.69) is 4.90 Å². The van der Waals surface area contributed by atoms with Gasteiger partial charge in [0.05, 0.1) is 21.3 Å². The monoisotopic (exact) mass is 281 g/mol. The lowest BCUT2D eigenvalue weighted by Gasteiger charge is -2.32. The highest BCUT2D eigenvalue weighted by Gasteiger charge is 2.17. The highest BCUT2D eigenvalue weighted by Crippen LogP contribution is 2.38. The topological polar surface area (TPSA) is 60.2 Å². The fraction of sp³-hybridized carbons (Fsp3) is 0.571. The van der Waals surface area contributed by atoms with Crippen LogP contribution in [0.5, 0.6) is 17.2 Å². The summed E-state index contributed by atoms with van der Waals surface area (Å²) in [5.74, 6) is 7.79. The summed E-state index contributed by atoms with van der Waals surface area (Å²) in [7, 11) is 4.88. The molecule has 0 unspecified atom stereocenters. The first-order valence-electron chi connectivity index (χ1n) is 6.68. The number of hydrogen-bond acceptors (Lipinski definition) is 6. The van der Waals surface area contributed by atoms with Crippen LogP contribution < -0.4 is 20.1 Å². The molecule has 1 heterocycles. The Bertz CT molecular complexity index is 420. The van der Waals surface area contributed by atoms with Crippen molar-refractivity contribution in [2.24, 2.45) is 5.84 Å². The Morgan fingerprint density at radius 2 is 1.50 bits per heavy atom. The van der Waals surface area contributed by atoms with Gasteiger partial charge in [0, 0.05) is 32.7 Å². The molecule has 1 aliphatic rings. The predicted molar refractivity (Wildman–Crippen MR) is 77.1 cm³/mol. The lowest BCUT2D eigenvalue weighted by atomic mass is 10.1. The summed E-state index contributed by atoms with van der Waals surface area (Å²) in [6, 6.07) is 3.99. The van der Waals surface area contributed by atoms with Gasteiger partial charge in [0.25, 0.3) is 0 Å². The van der Waals surface area contributed by atoms with E-state index in [0.717, 1.165) is 38.3 Å². The summed E-state index contributed by atoms with van der Waals surface area (Å²) in [5, 5.41) is 1.85. The number of hydrazine groups is 1. The lowest BCUT2D eigenvalue weighted by molar-refractivity contribution is 0.128. The van der Waals surface area contributed by atoms with Crippen LogP contribution in [0.25, 0.3) is 0 Å². The van der Waals surface area contributed by atoms with Gasteiger partial charge in [-0.2, -0.15) is 0 Å². The summed E-state index contributed by atoms with van der Waals surface area (Å²) in [4.78, 5) is 2.37. The van der Waals surface area contributed by atoms with Crippen molar-refractivity contribution in [2.75, 3.05) is 47.5 Å². The Balaban J connectivity index is 2.15. The van der Waals surface area contributed by atoms with E-state index in [9.17, 15) is 0 Å². The molecule has 0 atom stereocenters. The standard InChI is InChI=1S/C14H23N3O3/c1-18-12-8-11(9-13(19-2)14(12)20-3)10-16-4-6-17(15)7-5-16/h8-9H,4-7,10,15H2,1-3H3. The second-order valence-corrected chi connectivity index (χ2v) is 4.85. The Labute approximate surface area is 120 Å². The molecular formula is C14H23N3O3. The number of nitrogens with zero attached hydrogens (tertiary/aromatic N) is 2. The number of nitrogens with two attached hydrogens (primary N) is 1. The average molecular weight is 281 g/mol. The second kappa shape index (κ2) is 6.78. The Morgan fingerprint density at radius 3 is 1.95 bits per heavy atom. The molecule has 1 fully saturated rings. The van der Waals surface area contributed by atoms with Gasteiger partial charge in [0.2, 0.25) is 5.75 Å². The van der Waals surface area contributed by atoms with Crippen molar-refractivity contribution in [2.45, 2.75) is 6.54 Å². The van der Waals surface area contributed by atoms with Gasteiger partial charge in [-0.1, -0.05) is 0 Å². The number of benzene rings is 1. The first-order valence-corrected chi connectivity index (χ1v) is 6.68. The third-order valence-corrected chi connectivity index (χ3v) is 3.54. The van der Waals surface area contributed by atoms with E-state index in [1.807, 2.05) is 17.1 Å². The maximum atomic E-state index is 5.77. The fourth-order valence-corrected chi connectivity index (χ4v) is 2.41. The van der Waals surface area contributed by atoms with Crippen molar-refractivity contribution in [3.8, 4) is 17.2 Å². The van der Waals surface area contributed by atoms with Crippen molar-refractivity contribution in [3.05, 3.63) is 17.7 Å². The zero-order chi connectivity index (χ0) is 14.5. The van der Waals surface area contributed by atoms with Gasteiger partial charge in [-0.25, -0.2) is 5.01 Å². The maximum absolute atomic E-state index is 5.77. The van der Waals surface area contributed by atoms with Gasteiger partial charge in [0.1, 0.15) is 0 Å². The van der Waals surface area contributed by atoms with Crippen LogP contribution in [0, 0.1) is 0 Å². The van der Waals surface area contributed by atoms with Crippen molar-refractivity contribution in [1.29, 1.82) is 0 Å². The maximum Gasteiger partial charge on any atom is 0.203 e. The molecule has 6 nitrogen and oxygen atoms in total.